The van der Waals surface area contributed by atoms with E-state index in [-0.39, 0.29) is 30.7 Å². The van der Waals surface area contributed by atoms with Crippen LogP contribution in [0.15, 0.2) is 48.5 Å². The Hall–Kier alpha value is -1.24. The van der Waals surface area contributed by atoms with Gasteiger partial charge in [0.1, 0.15) is 0 Å². The number of nitrogens with one attached hydrogen (secondary N) is 1. The minimum atomic E-state index is 0. The van der Waals surface area contributed by atoms with Crippen LogP contribution >= 0.6 is 36.6 Å². The second-order valence-corrected chi connectivity index (χ2v) is 10.4. The van der Waals surface area contributed by atoms with Gasteiger partial charge in [0.2, 0.25) is 5.91 Å². The van der Waals surface area contributed by atoms with Crippen LogP contribution in [0, 0.1) is 0 Å². The number of rotatable bonds is 10. The van der Waals surface area contributed by atoms with Crippen molar-refractivity contribution in [1.82, 2.24) is 9.80 Å². The Balaban J connectivity index is 0.00000289. The summed E-state index contributed by atoms with van der Waals surface area (Å²) in [5, 5.41) is 3.23. The van der Waals surface area contributed by atoms with Crippen molar-refractivity contribution >= 4 is 48.2 Å². The van der Waals surface area contributed by atoms with E-state index in [1.54, 1.807) is 11.8 Å². The first-order chi connectivity index (χ1) is 15.4. The number of piperazine rings is 1. The lowest BCUT2D eigenvalue weighted by Crippen LogP contribution is -2.46. The van der Waals surface area contributed by atoms with E-state index >= 15 is 0 Å². The van der Waals surface area contributed by atoms with Crippen molar-refractivity contribution in [3.05, 3.63) is 65.2 Å². The Morgan fingerprint density at radius 1 is 0.853 bits per heavy atom. The Kier molecular flexibility index (Phi) is 14.2. The minimum absolute atomic E-state index is 0. The molecule has 2 aromatic carbocycles. The van der Waals surface area contributed by atoms with Crippen molar-refractivity contribution in [3.63, 3.8) is 0 Å². The number of carbonyl (C=O) groups excluding carboxylic acids is 1. The van der Waals surface area contributed by atoms with Crippen molar-refractivity contribution < 1.29 is 4.79 Å². The third-order valence-electron chi connectivity index (χ3n) is 6.14. The molecule has 1 heterocycles. The molecule has 3 rings (SSSR count). The van der Waals surface area contributed by atoms with Crippen molar-refractivity contribution in [1.29, 1.82) is 0 Å². The lowest BCUT2D eigenvalue weighted by atomic mass is 9.92. The van der Waals surface area contributed by atoms with Gasteiger partial charge in [-0.15, -0.1) is 24.8 Å². The Bertz CT molecular complexity index is 830. The molecule has 0 unspecified atom stereocenters. The first-order valence-electron chi connectivity index (χ1n) is 11.9. The first kappa shape index (κ1) is 30.8. The maximum atomic E-state index is 12.7. The second-order valence-electron chi connectivity index (χ2n) is 9.33. The van der Waals surface area contributed by atoms with Crippen LogP contribution in [0.3, 0.4) is 0 Å². The van der Waals surface area contributed by atoms with E-state index in [0.717, 1.165) is 50.7 Å². The van der Waals surface area contributed by atoms with E-state index < -0.39 is 0 Å². The summed E-state index contributed by atoms with van der Waals surface area (Å²) in [5.41, 5.74) is 4.87. The number of benzene rings is 2. The minimum Gasteiger partial charge on any atom is -0.325 e. The monoisotopic (exact) mass is 525 g/mol. The van der Waals surface area contributed by atoms with Gasteiger partial charge >= 0.3 is 0 Å². The standard InChI is InChI=1S/C27H39N3OS.2ClH/c1-21(2)24-11-8-12-25(22(3)4)27(24)28-26(31)20-32-18-17-29-13-15-30(16-14-29)19-23-9-6-5-7-10-23;;/h5-12,21-22H,13-20H2,1-4H3,(H,28,31);2*1H. The molecule has 1 amide bonds. The molecule has 1 aliphatic rings. The molecule has 0 saturated carbocycles. The Morgan fingerprint density at radius 3 is 1.97 bits per heavy atom. The van der Waals surface area contributed by atoms with Gasteiger partial charge in [0.25, 0.3) is 0 Å². The molecule has 0 aliphatic carbocycles. The number of hydrogen-bond acceptors (Lipinski definition) is 4. The SMILES string of the molecule is CC(C)c1cccc(C(C)C)c1NC(=O)CSCCN1CCN(Cc2ccccc2)CC1.Cl.Cl. The molecule has 7 heteroatoms. The van der Waals surface area contributed by atoms with Crippen LogP contribution in [0.1, 0.15) is 56.2 Å². The van der Waals surface area contributed by atoms with E-state index in [2.05, 4.69) is 91.3 Å². The van der Waals surface area contributed by atoms with Gasteiger partial charge in [-0.3, -0.25) is 14.6 Å². The average Bonchev–Trinajstić information content (AvgIpc) is 2.78. The zero-order valence-electron chi connectivity index (χ0n) is 21.0. The van der Waals surface area contributed by atoms with Crippen LogP contribution in [0.4, 0.5) is 5.69 Å². The number of para-hydroxylation sites is 1. The summed E-state index contributed by atoms with van der Waals surface area (Å²) < 4.78 is 0. The molecular weight excluding hydrogens is 485 g/mol. The number of anilines is 1. The van der Waals surface area contributed by atoms with E-state index in [0.29, 0.717) is 17.6 Å². The molecule has 0 radical (unpaired) electrons. The predicted molar refractivity (Wildman–Crippen MR) is 153 cm³/mol. The van der Waals surface area contributed by atoms with Crippen molar-refractivity contribution in [2.45, 2.75) is 46.1 Å². The Labute approximate surface area is 223 Å². The Morgan fingerprint density at radius 2 is 1.41 bits per heavy atom. The fraction of sp³-hybridized carbons (Fsp3) is 0.519. The van der Waals surface area contributed by atoms with Crippen LogP contribution < -0.4 is 5.32 Å². The van der Waals surface area contributed by atoms with Crippen molar-refractivity contribution in [2.24, 2.45) is 0 Å². The van der Waals surface area contributed by atoms with Crippen LogP contribution in [0.2, 0.25) is 0 Å². The molecule has 190 valence electrons. The van der Waals surface area contributed by atoms with Gasteiger partial charge in [0.15, 0.2) is 0 Å². The molecule has 34 heavy (non-hydrogen) atoms. The molecular formula is C27H41Cl2N3OS. The summed E-state index contributed by atoms with van der Waals surface area (Å²) in [6.45, 7) is 15.3. The normalized spacial score (nSPS) is 14.5. The van der Waals surface area contributed by atoms with Gasteiger partial charge in [-0.25, -0.2) is 0 Å². The highest BCUT2D eigenvalue weighted by atomic mass is 35.5. The molecule has 0 aromatic heterocycles. The summed E-state index contributed by atoms with van der Waals surface area (Å²) in [5.74, 6) is 2.39. The first-order valence-corrected chi connectivity index (χ1v) is 13.1. The number of halogens is 2. The van der Waals surface area contributed by atoms with E-state index in [9.17, 15) is 4.79 Å². The number of amides is 1. The number of carbonyl (C=O) groups is 1. The number of thioether (sulfide) groups is 1. The molecule has 1 fully saturated rings. The summed E-state index contributed by atoms with van der Waals surface area (Å²) >= 11 is 1.74. The van der Waals surface area contributed by atoms with Crippen molar-refractivity contribution in [2.75, 3.05) is 49.5 Å². The van der Waals surface area contributed by atoms with Gasteiger partial charge < -0.3 is 5.32 Å². The largest absolute Gasteiger partial charge is 0.325 e. The van der Waals surface area contributed by atoms with Crippen LogP contribution in [0.5, 0.6) is 0 Å². The lowest BCUT2D eigenvalue weighted by molar-refractivity contribution is -0.113. The molecule has 0 bridgehead atoms. The summed E-state index contributed by atoms with van der Waals surface area (Å²) in [6.07, 6.45) is 0. The molecule has 0 atom stereocenters. The highest BCUT2D eigenvalue weighted by Crippen LogP contribution is 2.32. The molecule has 4 nitrogen and oxygen atoms in total. The third kappa shape index (κ3) is 9.43. The van der Waals surface area contributed by atoms with Gasteiger partial charge in [-0.05, 0) is 28.5 Å². The smallest absolute Gasteiger partial charge is 0.234 e. The zero-order valence-corrected chi connectivity index (χ0v) is 23.4. The molecule has 2 aromatic rings. The highest BCUT2D eigenvalue weighted by Gasteiger charge is 2.18. The number of hydrogen-bond donors (Lipinski definition) is 1. The van der Waals surface area contributed by atoms with E-state index in [1.807, 2.05) is 0 Å². The molecule has 1 aliphatic heterocycles. The number of nitrogens with zero attached hydrogens (tertiary/aromatic N) is 2. The maximum Gasteiger partial charge on any atom is 0.234 e. The van der Waals surface area contributed by atoms with Crippen LogP contribution in [-0.2, 0) is 11.3 Å². The van der Waals surface area contributed by atoms with Gasteiger partial charge in [0, 0.05) is 50.7 Å². The summed E-state index contributed by atoms with van der Waals surface area (Å²) in [7, 11) is 0. The molecule has 1 N–H and O–H groups in total. The van der Waals surface area contributed by atoms with Crippen LogP contribution in [-0.4, -0.2) is 59.9 Å². The highest BCUT2D eigenvalue weighted by molar-refractivity contribution is 7.99. The quantitative estimate of drug-likeness (QED) is 0.371. The van der Waals surface area contributed by atoms with Crippen molar-refractivity contribution in [3.8, 4) is 0 Å². The predicted octanol–water partition coefficient (Wildman–Crippen LogP) is 6.27. The maximum absolute atomic E-state index is 12.7. The van der Waals surface area contributed by atoms with Crippen LogP contribution in [0.25, 0.3) is 0 Å². The van der Waals surface area contributed by atoms with Gasteiger partial charge in [-0.1, -0.05) is 76.2 Å². The van der Waals surface area contributed by atoms with E-state index in [4.69, 9.17) is 0 Å². The summed E-state index contributed by atoms with van der Waals surface area (Å²) in [6, 6.07) is 17.1. The fourth-order valence-corrected chi connectivity index (χ4v) is 5.03. The topological polar surface area (TPSA) is 35.6 Å². The van der Waals surface area contributed by atoms with E-state index in [1.165, 1.54) is 16.7 Å². The average molecular weight is 527 g/mol. The lowest BCUT2D eigenvalue weighted by Gasteiger charge is -2.34. The van der Waals surface area contributed by atoms with Gasteiger partial charge in [-0.2, -0.15) is 11.8 Å². The second kappa shape index (κ2) is 15.7. The molecule has 1 saturated heterocycles. The van der Waals surface area contributed by atoms with Gasteiger partial charge in [0.05, 0.1) is 5.75 Å². The fourth-order valence-electron chi connectivity index (χ4n) is 4.24. The summed E-state index contributed by atoms with van der Waals surface area (Å²) in [4.78, 5) is 17.7. The molecule has 0 spiro atoms. The third-order valence-corrected chi connectivity index (χ3v) is 7.07. The zero-order chi connectivity index (χ0) is 22.9.